The predicted octanol–water partition coefficient (Wildman–Crippen LogP) is 3.05. The highest BCUT2D eigenvalue weighted by Gasteiger charge is 2.10. The predicted molar refractivity (Wildman–Crippen MR) is 62.5 cm³/mol. The lowest BCUT2D eigenvalue weighted by Gasteiger charge is -1.95. The number of hydrogen-bond donors (Lipinski definition) is 0. The number of esters is 1. The van der Waals surface area contributed by atoms with Crippen molar-refractivity contribution >= 4 is 5.97 Å². The summed E-state index contributed by atoms with van der Waals surface area (Å²) < 4.78 is 9.93. The van der Waals surface area contributed by atoms with E-state index in [2.05, 4.69) is 5.16 Å². The van der Waals surface area contributed by atoms with Crippen LogP contribution in [0.4, 0.5) is 0 Å². The van der Waals surface area contributed by atoms with Gasteiger partial charge in [0.1, 0.15) is 5.69 Å². The molecule has 4 nitrogen and oxygen atoms in total. The molecule has 0 saturated heterocycles. The highest BCUT2D eigenvalue weighted by atomic mass is 16.6. The summed E-state index contributed by atoms with van der Waals surface area (Å²) in [6.07, 6.45) is 1.12. The maximum absolute atomic E-state index is 11.2. The molecule has 88 valence electrons. The number of benzene rings is 1. The van der Waals surface area contributed by atoms with Gasteiger partial charge in [-0.05, 0) is 6.42 Å². The van der Waals surface area contributed by atoms with Crippen LogP contribution in [-0.4, -0.2) is 11.1 Å². The van der Waals surface area contributed by atoms with Crippen LogP contribution in [-0.2, 0) is 4.79 Å². The fourth-order valence-corrected chi connectivity index (χ4v) is 1.42. The molecule has 0 atom stereocenters. The Bertz CT molecular complexity index is 490. The zero-order valence-corrected chi connectivity index (χ0v) is 9.55. The highest BCUT2D eigenvalue weighted by molar-refractivity contribution is 5.72. The first kappa shape index (κ1) is 11.4. The van der Waals surface area contributed by atoms with E-state index in [-0.39, 0.29) is 11.9 Å². The monoisotopic (exact) mass is 231 g/mol. The van der Waals surface area contributed by atoms with Crippen LogP contribution < -0.4 is 4.74 Å². The molecule has 0 aliphatic carbocycles. The molecule has 0 bridgehead atoms. The van der Waals surface area contributed by atoms with Gasteiger partial charge >= 0.3 is 11.9 Å². The van der Waals surface area contributed by atoms with Gasteiger partial charge in [-0.2, -0.15) is 0 Å². The maximum Gasteiger partial charge on any atom is 0.319 e. The third kappa shape index (κ3) is 2.93. The Kier molecular flexibility index (Phi) is 3.55. The molecule has 0 spiro atoms. The van der Waals surface area contributed by atoms with E-state index in [1.165, 1.54) is 0 Å². The smallest absolute Gasteiger partial charge is 0.319 e. The first-order chi connectivity index (χ1) is 8.29. The molecule has 0 aliphatic rings. The van der Waals surface area contributed by atoms with Gasteiger partial charge < -0.3 is 9.26 Å². The molecule has 1 aromatic carbocycles. The molecular formula is C13H13NO3. The highest BCUT2D eigenvalue weighted by Crippen LogP contribution is 2.22. The van der Waals surface area contributed by atoms with Crippen LogP contribution in [0.1, 0.15) is 19.8 Å². The van der Waals surface area contributed by atoms with Gasteiger partial charge in [-0.3, -0.25) is 4.79 Å². The Morgan fingerprint density at radius 1 is 1.35 bits per heavy atom. The zero-order chi connectivity index (χ0) is 12.1. The first-order valence-electron chi connectivity index (χ1n) is 5.52. The summed E-state index contributed by atoms with van der Waals surface area (Å²) in [5.41, 5.74) is 1.58. The summed E-state index contributed by atoms with van der Waals surface area (Å²) in [7, 11) is 0. The Morgan fingerprint density at radius 3 is 2.82 bits per heavy atom. The number of rotatable bonds is 4. The van der Waals surface area contributed by atoms with E-state index in [0.29, 0.717) is 12.1 Å². The molecule has 0 fully saturated rings. The topological polar surface area (TPSA) is 52.3 Å². The summed E-state index contributed by atoms with van der Waals surface area (Å²) in [6.45, 7) is 1.91. The molecule has 0 saturated carbocycles. The van der Waals surface area contributed by atoms with E-state index in [4.69, 9.17) is 9.26 Å². The second kappa shape index (κ2) is 5.30. The lowest BCUT2D eigenvalue weighted by molar-refractivity contribution is -0.135. The van der Waals surface area contributed by atoms with Gasteiger partial charge in [-0.15, -0.1) is 0 Å². The first-order valence-corrected chi connectivity index (χ1v) is 5.52. The lowest BCUT2D eigenvalue weighted by atomic mass is 10.2. The molecule has 2 rings (SSSR count). The minimum absolute atomic E-state index is 0.141. The molecule has 0 unspecified atom stereocenters. The van der Waals surface area contributed by atoms with E-state index in [0.717, 1.165) is 12.0 Å². The Labute approximate surface area is 99.2 Å². The van der Waals surface area contributed by atoms with E-state index < -0.39 is 0 Å². The van der Waals surface area contributed by atoms with Gasteiger partial charge in [0.15, 0.2) is 0 Å². The molecule has 0 radical (unpaired) electrons. The van der Waals surface area contributed by atoms with Gasteiger partial charge in [-0.25, -0.2) is 0 Å². The fraction of sp³-hybridized carbons (Fsp3) is 0.231. The third-order valence-electron chi connectivity index (χ3n) is 2.23. The van der Waals surface area contributed by atoms with Crippen molar-refractivity contribution in [1.29, 1.82) is 0 Å². The molecule has 0 amide bonds. The molecule has 17 heavy (non-hydrogen) atoms. The number of aromatic nitrogens is 1. The Morgan fingerprint density at radius 2 is 2.12 bits per heavy atom. The van der Waals surface area contributed by atoms with Crippen molar-refractivity contribution in [2.45, 2.75) is 19.8 Å². The van der Waals surface area contributed by atoms with Crippen molar-refractivity contribution in [2.24, 2.45) is 0 Å². The molecule has 4 heteroatoms. The minimum atomic E-state index is -0.303. The summed E-state index contributed by atoms with van der Waals surface area (Å²) in [5.74, 6) is -0.162. The SMILES string of the molecule is CCCC(=O)Oc1cc(-c2ccccc2)no1. The number of carbonyl (C=O) groups excluding carboxylic acids is 1. The van der Waals surface area contributed by atoms with Crippen LogP contribution >= 0.6 is 0 Å². The van der Waals surface area contributed by atoms with Crippen LogP contribution in [0.5, 0.6) is 5.95 Å². The van der Waals surface area contributed by atoms with Crippen LogP contribution in [0.2, 0.25) is 0 Å². The van der Waals surface area contributed by atoms with Gasteiger partial charge in [0.05, 0.1) is 6.07 Å². The Hall–Kier alpha value is -2.10. The second-order valence-electron chi connectivity index (χ2n) is 3.62. The summed E-state index contributed by atoms with van der Waals surface area (Å²) in [6, 6.07) is 11.2. The van der Waals surface area contributed by atoms with Crippen molar-refractivity contribution in [3.63, 3.8) is 0 Å². The quantitative estimate of drug-likeness (QED) is 0.759. The molecule has 0 N–H and O–H groups in total. The van der Waals surface area contributed by atoms with E-state index >= 15 is 0 Å². The summed E-state index contributed by atoms with van der Waals surface area (Å²) >= 11 is 0. The van der Waals surface area contributed by atoms with Crippen molar-refractivity contribution in [1.82, 2.24) is 5.16 Å². The lowest BCUT2D eigenvalue weighted by Crippen LogP contribution is -2.05. The van der Waals surface area contributed by atoms with Crippen LogP contribution in [0, 0.1) is 0 Å². The Balaban J connectivity index is 2.09. The molecule has 1 heterocycles. The normalized spacial score (nSPS) is 10.2. The van der Waals surface area contributed by atoms with Crippen molar-refractivity contribution in [2.75, 3.05) is 0 Å². The third-order valence-corrected chi connectivity index (χ3v) is 2.23. The van der Waals surface area contributed by atoms with Crippen molar-refractivity contribution < 1.29 is 14.1 Å². The van der Waals surface area contributed by atoms with Gasteiger partial charge in [-0.1, -0.05) is 42.4 Å². The van der Waals surface area contributed by atoms with Crippen LogP contribution in [0.15, 0.2) is 40.9 Å². The minimum Gasteiger partial charge on any atom is -0.391 e. The van der Waals surface area contributed by atoms with Crippen LogP contribution in [0.25, 0.3) is 11.3 Å². The number of ether oxygens (including phenoxy) is 1. The van der Waals surface area contributed by atoms with E-state index in [9.17, 15) is 4.79 Å². The van der Waals surface area contributed by atoms with Gasteiger partial charge in [0.2, 0.25) is 0 Å². The number of hydrogen-bond acceptors (Lipinski definition) is 4. The average Bonchev–Trinajstić information content (AvgIpc) is 2.79. The second-order valence-corrected chi connectivity index (χ2v) is 3.62. The standard InChI is InChI=1S/C13H13NO3/c1-2-6-12(15)16-13-9-11(14-17-13)10-7-4-3-5-8-10/h3-5,7-9H,2,6H2,1H3. The van der Waals surface area contributed by atoms with Crippen molar-refractivity contribution in [3.8, 4) is 17.2 Å². The van der Waals surface area contributed by atoms with Crippen molar-refractivity contribution in [3.05, 3.63) is 36.4 Å². The maximum atomic E-state index is 11.2. The molecular weight excluding hydrogens is 218 g/mol. The number of nitrogens with zero attached hydrogens (tertiary/aromatic N) is 1. The largest absolute Gasteiger partial charge is 0.391 e. The van der Waals surface area contributed by atoms with E-state index in [1.54, 1.807) is 6.07 Å². The zero-order valence-electron chi connectivity index (χ0n) is 9.55. The van der Waals surface area contributed by atoms with E-state index in [1.807, 2.05) is 37.3 Å². The molecule has 1 aromatic heterocycles. The average molecular weight is 231 g/mol. The summed E-state index contributed by atoms with van der Waals surface area (Å²) in [4.78, 5) is 11.2. The number of carbonyl (C=O) groups is 1. The fourth-order valence-electron chi connectivity index (χ4n) is 1.42. The van der Waals surface area contributed by atoms with Crippen LogP contribution in [0.3, 0.4) is 0 Å². The molecule has 2 aromatic rings. The molecule has 0 aliphatic heterocycles. The van der Waals surface area contributed by atoms with Gasteiger partial charge in [0, 0.05) is 12.0 Å². The van der Waals surface area contributed by atoms with Gasteiger partial charge in [0.25, 0.3) is 0 Å². The summed E-state index contributed by atoms with van der Waals surface area (Å²) in [5, 5.41) is 3.85.